The Morgan fingerprint density at radius 1 is 0.550 bits per heavy atom. The molecule has 20 heavy (non-hydrogen) atoms. The van der Waals surface area contributed by atoms with Gasteiger partial charge in [0.15, 0.2) is 0 Å². The largest absolute Gasteiger partial charge is 0.380 e. The van der Waals surface area contributed by atoms with Gasteiger partial charge in [-0.3, -0.25) is 0 Å². The minimum Gasteiger partial charge on any atom is -0.380 e. The molecule has 0 atom stereocenters. The highest BCUT2D eigenvalue weighted by Gasteiger charge is 2.21. The Hall–Kier alpha value is 0.0200. The van der Waals surface area contributed by atoms with Crippen molar-refractivity contribution < 1.29 is 18.9 Å². The summed E-state index contributed by atoms with van der Waals surface area (Å²) in [6, 6.07) is 0. The maximum Gasteiger partial charge on any atom is 0.0728 e. The zero-order chi connectivity index (χ0) is 15.1. The molecular weight excluding hydrogens is 392 g/mol. The number of ether oxygens (including phenoxy) is 4. The summed E-state index contributed by atoms with van der Waals surface area (Å²) in [6.07, 6.45) is 0. The molecule has 0 aromatic heterocycles. The van der Waals surface area contributed by atoms with Gasteiger partial charge in [-0.2, -0.15) is 0 Å². The molecule has 4 nitrogen and oxygen atoms in total. The molecule has 0 aliphatic carbocycles. The Morgan fingerprint density at radius 3 is 0.900 bits per heavy atom. The van der Waals surface area contributed by atoms with E-state index in [-0.39, 0.29) is 0 Å². The van der Waals surface area contributed by atoms with E-state index in [1.54, 1.807) is 28.4 Å². The first-order valence-electron chi connectivity index (χ1n) is 6.08. The van der Waals surface area contributed by atoms with Crippen molar-refractivity contribution in [3.63, 3.8) is 0 Å². The van der Waals surface area contributed by atoms with Crippen molar-refractivity contribution in [1.82, 2.24) is 0 Å². The molecule has 1 aromatic carbocycles. The standard InChI is InChI=1S/C14H20Br2O4/c1-17-5-9-10(6-18-2)14(16)12(8-20-4)11(7-19-3)13(9)15/h5-8H2,1-4H3. The molecule has 0 heterocycles. The van der Waals surface area contributed by atoms with Gasteiger partial charge >= 0.3 is 0 Å². The van der Waals surface area contributed by atoms with E-state index in [2.05, 4.69) is 31.9 Å². The van der Waals surface area contributed by atoms with Crippen molar-refractivity contribution in [2.75, 3.05) is 28.4 Å². The van der Waals surface area contributed by atoms with E-state index in [1.807, 2.05) is 0 Å². The van der Waals surface area contributed by atoms with Crippen LogP contribution in [-0.4, -0.2) is 28.4 Å². The lowest BCUT2D eigenvalue weighted by atomic mass is 9.99. The Labute approximate surface area is 137 Å². The van der Waals surface area contributed by atoms with Gasteiger partial charge in [0.05, 0.1) is 26.4 Å². The van der Waals surface area contributed by atoms with Crippen LogP contribution in [0.1, 0.15) is 22.3 Å². The molecule has 0 saturated carbocycles. The van der Waals surface area contributed by atoms with Gasteiger partial charge in [-0.25, -0.2) is 0 Å². The summed E-state index contributed by atoms with van der Waals surface area (Å²) in [4.78, 5) is 0. The summed E-state index contributed by atoms with van der Waals surface area (Å²) in [7, 11) is 6.71. The van der Waals surface area contributed by atoms with Crippen LogP contribution in [0.25, 0.3) is 0 Å². The van der Waals surface area contributed by atoms with E-state index in [0.29, 0.717) is 26.4 Å². The second-order valence-corrected chi connectivity index (χ2v) is 5.86. The zero-order valence-corrected chi connectivity index (χ0v) is 15.4. The third-order valence-electron chi connectivity index (χ3n) is 2.94. The molecule has 6 heteroatoms. The summed E-state index contributed by atoms with van der Waals surface area (Å²) in [5.74, 6) is 0. The molecule has 0 aliphatic heterocycles. The van der Waals surface area contributed by atoms with Crippen molar-refractivity contribution in [2.24, 2.45) is 0 Å². The lowest BCUT2D eigenvalue weighted by Crippen LogP contribution is -2.09. The van der Waals surface area contributed by atoms with Crippen LogP contribution >= 0.6 is 31.9 Å². The molecule has 0 radical (unpaired) electrons. The SMILES string of the molecule is COCc1c(Br)c(COC)c(COC)c(Br)c1COC. The molecule has 114 valence electrons. The Balaban J connectivity index is 3.50. The predicted octanol–water partition coefficient (Wildman–Crippen LogP) is 3.80. The number of benzene rings is 1. The molecule has 0 aliphatic rings. The highest BCUT2D eigenvalue weighted by molar-refractivity contribution is 9.11. The van der Waals surface area contributed by atoms with Crippen LogP contribution in [0.15, 0.2) is 8.95 Å². The van der Waals surface area contributed by atoms with Gasteiger partial charge in [0.2, 0.25) is 0 Å². The average Bonchev–Trinajstić information content (AvgIpc) is 2.44. The van der Waals surface area contributed by atoms with Crippen LogP contribution in [0.5, 0.6) is 0 Å². The van der Waals surface area contributed by atoms with Crippen molar-refractivity contribution >= 4 is 31.9 Å². The van der Waals surface area contributed by atoms with Crippen LogP contribution in [0.2, 0.25) is 0 Å². The Morgan fingerprint density at radius 2 is 0.750 bits per heavy atom. The van der Waals surface area contributed by atoms with Crippen LogP contribution in [0, 0.1) is 0 Å². The highest BCUT2D eigenvalue weighted by Crippen LogP contribution is 2.37. The van der Waals surface area contributed by atoms with E-state index >= 15 is 0 Å². The second-order valence-electron chi connectivity index (χ2n) is 4.27. The normalized spacial score (nSPS) is 11.1. The third-order valence-corrected chi connectivity index (χ3v) is 4.86. The smallest absolute Gasteiger partial charge is 0.0728 e. The number of halogens is 2. The van der Waals surface area contributed by atoms with Gasteiger partial charge in [0.25, 0.3) is 0 Å². The number of methoxy groups -OCH3 is 4. The summed E-state index contributed by atoms with van der Waals surface area (Å²) >= 11 is 7.33. The van der Waals surface area contributed by atoms with Gasteiger partial charge in [0.1, 0.15) is 0 Å². The lowest BCUT2D eigenvalue weighted by Gasteiger charge is -2.21. The predicted molar refractivity (Wildman–Crippen MR) is 84.7 cm³/mol. The number of hydrogen-bond donors (Lipinski definition) is 0. The first-order valence-corrected chi connectivity index (χ1v) is 7.67. The molecule has 0 amide bonds. The average molecular weight is 412 g/mol. The van der Waals surface area contributed by atoms with Gasteiger partial charge in [-0.15, -0.1) is 0 Å². The van der Waals surface area contributed by atoms with E-state index in [0.717, 1.165) is 31.2 Å². The molecule has 0 bridgehead atoms. The van der Waals surface area contributed by atoms with Gasteiger partial charge in [-0.1, -0.05) is 31.9 Å². The molecule has 1 aromatic rings. The molecule has 0 saturated heterocycles. The fourth-order valence-corrected chi connectivity index (χ4v) is 3.49. The van der Waals surface area contributed by atoms with Gasteiger partial charge < -0.3 is 18.9 Å². The van der Waals surface area contributed by atoms with E-state index in [4.69, 9.17) is 18.9 Å². The van der Waals surface area contributed by atoms with Crippen molar-refractivity contribution in [3.05, 3.63) is 31.2 Å². The molecule has 0 fully saturated rings. The number of hydrogen-bond acceptors (Lipinski definition) is 4. The Bertz CT molecular complexity index is 371. The van der Waals surface area contributed by atoms with Crippen molar-refractivity contribution in [3.8, 4) is 0 Å². The van der Waals surface area contributed by atoms with Crippen molar-refractivity contribution in [2.45, 2.75) is 26.4 Å². The van der Waals surface area contributed by atoms with E-state index in [1.165, 1.54) is 0 Å². The molecule has 0 N–H and O–H groups in total. The quantitative estimate of drug-likeness (QED) is 0.651. The second kappa shape index (κ2) is 9.12. The van der Waals surface area contributed by atoms with Crippen molar-refractivity contribution in [1.29, 1.82) is 0 Å². The van der Waals surface area contributed by atoms with Gasteiger partial charge in [0, 0.05) is 37.4 Å². The molecule has 0 unspecified atom stereocenters. The minimum absolute atomic E-state index is 0.502. The fraction of sp³-hybridized carbons (Fsp3) is 0.571. The fourth-order valence-electron chi connectivity index (χ4n) is 2.07. The first kappa shape index (κ1) is 18.1. The monoisotopic (exact) mass is 410 g/mol. The van der Waals surface area contributed by atoms with Crippen LogP contribution in [-0.2, 0) is 45.4 Å². The van der Waals surface area contributed by atoms with Crippen LogP contribution in [0.3, 0.4) is 0 Å². The Kier molecular flexibility index (Phi) is 8.24. The molecule has 0 spiro atoms. The van der Waals surface area contributed by atoms with E-state index in [9.17, 15) is 0 Å². The first-order chi connectivity index (χ1) is 9.62. The minimum atomic E-state index is 0.502. The lowest BCUT2D eigenvalue weighted by molar-refractivity contribution is 0.159. The number of rotatable bonds is 8. The van der Waals surface area contributed by atoms with Gasteiger partial charge in [-0.05, 0) is 22.3 Å². The topological polar surface area (TPSA) is 36.9 Å². The maximum absolute atomic E-state index is 5.31. The summed E-state index contributed by atoms with van der Waals surface area (Å²) in [5.41, 5.74) is 4.25. The van der Waals surface area contributed by atoms with Crippen LogP contribution < -0.4 is 0 Å². The van der Waals surface area contributed by atoms with Crippen LogP contribution in [0.4, 0.5) is 0 Å². The molecule has 1 rings (SSSR count). The molecular formula is C14H20Br2O4. The summed E-state index contributed by atoms with van der Waals surface area (Å²) in [6.45, 7) is 2.01. The maximum atomic E-state index is 5.31. The van der Waals surface area contributed by atoms with E-state index < -0.39 is 0 Å². The summed E-state index contributed by atoms with van der Waals surface area (Å²) in [5, 5.41) is 0. The zero-order valence-electron chi connectivity index (χ0n) is 12.2. The highest BCUT2D eigenvalue weighted by atomic mass is 79.9. The summed E-state index contributed by atoms with van der Waals surface area (Å²) < 4.78 is 23.2. The third kappa shape index (κ3) is 4.02.